The molecule has 0 aliphatic heterocycles. The fourth-order valence-corrected chi connectivity index (χ4v) is 5.71. The Morgan fingerprint density at radius 1 is 1.03 bits per heavy atom. The number of anilines is 1. The lowest BCUT2D eigenvalue weighted by Gasteiger charge is -2.25. The maximum atomic E-state index is 13.5. The second-order valence-electron chi connectivity index (χ2n) is 8.56. The highest BCUT2D eigenvalue weighted by Gasteiger charge is 2.28. The summed E-state index contributed by atoms with van der Waals surface area (Å²) in [5.74, 6) is -0.403. The Morgan fingerprint density at radius 2 is 1.71 bits per heavy atom. The highest BCUT2D eigenvalue weighted by Crippen LogP contribution is 2.27. The van der Waals surface area contributed by atoms with Crippen molar-refractivity contribution in [3.63, 3.8) is 0 Å². The SMILES string of the molecule is CCOc1ccc(N(CC(=O)N[C@@H](C)c2ccc3c(c2)CCC3)S(=O)(=O)c2ccc(F)cc2)cc1. The monoisotopic (exact) mass is 496 g/mol. The van der Waals surface area contributed by atoms with Gasteiger partial charge in [0.05, 0.1) is 23.2 Å². The van der Waals surface area contributed by atoms with E-state index in [1.165, 1.54) is 23.3 Å². The molecule has 3 aromatic rings. The third-order valence-corrected chi connectivity index (χ3v) is 7.91. The lowest BCUT2D eigenvalue weighted by atomic mass is 10.0. The quantitative estimate of drug-likeness (QED) is 0.462. The van der Waals surface area contributed by atoms with Crippen LogP contribution >= 0.6 is 0 Å². The number of rotatable bonds is 9. The van der Waals surface area contributed by atoms with Crippen LogP contribution in [0.4, 0.5) is 10.1 Å². The van der Waals surface area contributed by atoms with Crippen molar-refractivity contribution < 1.29 is 22.3 Å². The van der Waals surface area contributed by atoms with Crippen LogP contribution in [-0.2, 0) is 27.7 Å². The smallest absolute Gasteiger partial charge is 0.264 e. The van der Waals surface area contributed by atoms with Gasteiger partial charge >= 0.3 is 0 Å². The average Bonchev–Trinajstić information content (AvgIpc) is 3.31. The zero-order valence-corrected chi connectivity index (χ0v) is 20.6. The molecule has 1 amide bonds. The molecule has 1 aliphatic carbocycles. The summed E-state index contributed by atoms with van der Waals surface area (Å²) in [4.78, 5) is 12.9. The molecule has 35 heavy (non-hydrogen) atoms. The molecule has 4 rings (SSSR count). The van der Waals surface area contributed by atoms with Gasteiger partial charge in [0.2, 0.25) is 5.91 Å². The first-order valence-corrected chi connectivity index (χ1v) is 13.1. The predicted octanol–water partition coefficient (Wildman–Crippen LogP) is 4.79. The van der Waals surface area contributed by atoms with Crippen molar-refractivity contribution in [1.29, 1.82) is 0 Å². The van der Waals surface area contributed by atoms with Gasteiger partial charge in [-0.15, -0.1) is 0 Å². The van der Waals surface area contributed by atoms with Crippen LogP contribution in [-0.4, -0.2) is 27.5 Å². The summed E-state index contributed by atoms with van der Waals surface area (Å²) in [6, 6.07) is 17.0. The molecule has 0 fully saturated rings. The van der Waals surface area contributed by atoms with Gasteiger partial charge in [-0.1, -0.05) is 18.2 Å². The summed E-state index contributed by atoms with van der Waals surface area (Å²) in [6.45, 7) is 3.78. The molecule has 0 saturated heterocycles. The van der Waals surface area contributed by atoms with E-state index in [0.717, 1.165) is 41.3 Å². The summed E-state index contributed by atoms with van der Waals surface area (Å²) in [7, 11) is -4.13. The lowest BCUT2D eigenvalue weighted by Crippen LogP contribution is -2.41. The molecule has 184 valence electrons. The number of amides is 1. The number of benzene rings is 3. The van der Waals surface area contributed by atoms with Gasteiger partial charge in [-0.2, -0.15) is 0 Å². The number of carbonyl (C=O) groups excluding carboxylic acids is 1. The third kappa shape index (κ3) is 5.65. The van der Waals surface area contributed by atoms with Crippen LogP contribution in [0.1, 0.15) is 43.0 Å². The largest absolute Gasteiger partial charge is 0.494 e. The van der Waals surface area contributed by atoms with E-state index >= 15 is 0 Å². The zero-order valence-electron chi connectivity index (χ0n) is 19.8. The molecule has 0 radical (unpaired) electrons. The van der Waals surface area contributed by atoms with E-state index in [0.29, 0.717) is 18.0 Å². The Hall–Kier alpha value is -3.39. The number of ether oxygens (including phenoxy) is 1. The minimum absolute atomic E-state index is 0.104. The van der Waals surface area contributed by atoms with Crippen LogP contribution in [0.15, 0.2) is 71.6 Å². The van der Waals surface area contributed by atoms with Gasteiger partial charge in [-0.05, 0) is 98.3 Å². The number of sulfonamides is 1. The first-order chi connectivity index (χ1) is 16.8. The normalized spacial score (nSPS) is 13.7. The molecule has 0 heterocycles. The van der Waals surface area contributed by atoms with E-state index < -0.39 is 28.3 Å². The zero-order chi connectivity index (χ0) is 25.0. The number of fused-ring (bicyclic) bond motifs is 1. The molecule has 6 nitrogen and oxygen atoms in total. The molecule has 0 spiro atoms. The van der Waals surface area contributed by atoms with E-state index in [1.807, 2.05) is 19.9 Å². The van der Waals surface area contributed by atoms with Crippen molar-refractivity contribution in [3.05, 3.63) is 89.2 Å². The van der Waals surface area contributed by atoms with Crippen molar-refractivity contribution in [2.75, 3.05) is 17.5 Å². The van der Waals surface area contributed by atoms with Crippen LogP contribution in [0, 0.1) is 5.82 Å². The fraction of sp³-hybridized carbons (Fsp3) is 0.296. The van der Waals surface area contributed by atoms with E-state index in [2.05, 4.69) is 17.4 Å². The molecule has 0 unspecified atom stereocenters. The van der Waals surface area contributed by atoms with Crippen LogP contribution in [0.2, 0.25) is 0 Å². The molecule has 1 atom stereocenters. The van der Waals surface area contributed by atoms with Gasteiger partial charge in [0, 0.05) is 0 Å². The summed E-state index contributed by atoms with van der Waals surface area (Å²) < 4.78 is 46.8. The van der Waals surface area contributed by atoms with E-state index in [1.54, 1.807) is 24.3 Å². The second-order valence-corrected chi connectivity index (χ2v) is 10.4. The van der Waals surface area contributed by atoms with Gasteiger partial charge in [-0.3, -0.25) is 9.10 Å². The second kappa shape index (κ2) is 10.5. The number of aryl methyl sites for hydroxylation is 2. The summed E-state index contributed by atoms with van der Waals surface area (Å²) in [5.41, 5.74) is 3.93. The number of nitrogens with one attached hydrogen (secondary N) is 1. The summed E-state index contributed by atoms with van der Waals surface area (Å²) in [6.07, 6.45) is 3.25. The summed E-state index contributed by atoms with van der Waals surface area (Å²) >= 11 is 0. The molecule has 0 saturated carbocycles. The minimum Gasteiger partial charge on any atom is -0.494 e. The van der Waals surface area contributed by atoms with Gasteiger partial charge in [0.1, 0.15) is 18.1 Å². The molecule has 8 heteroatoms. The molecule has 1 N–H and O–H groups in total. The maximum absolute atomic E-state index is 13.5. The molecular weight excluding hydrogens is 467 g/mol. The van der Waals surface area contributed by atoms with Gasteiger partial charge in [-0.25, -0.2) is 12.8 Å². The van der Waals surface area contributed by atoms with E-state index in [-0.39, 0.29) is 10.9 Å². The van der Waals surface area contributed by atoms with Crippen LogP contribution < -0.4 is 14.4 Å². The molecule has 1 aliphatic rings. The fourth-order valence-electron chi connectivity index (χ4n) is 4.29. The van der Waals surface area contributed by atoms with Crippen molar-refractivity contribution in [3.8, 4) is 5.75 Å². The third-order valence-electron chi connectivity index (χ3n) is 6.12. The molecular formula is C27H29FN2O4S. The summed E-state index contributed by atoms with van der Waals surface area (Å²) in [5, 5.41) is 2.92. The number of hydrogen-bond acceptors (Lipinski definition) is 4. The van der Waals surface area contributed by atoms with Crippen molar-refractivity contribution in [2.45, 2.75) is 44.0 Å². The highest BCUT2D eigenvalue weighted by atomic mass is 32.2. The number of hydrogen-bond donors (Lipinski definition) is 1. The van der Waals surface area contributed by atoms with Crippen molar-refractivity contribution in [2.24, 2.45) is 0 Å². The number of nitrogens with zero attached hydrogens (tertiary/aromatic N) is 1. The lowest BCUT2D eigenvalue weighted by molar-refractivity contribution is -0.120. The van der Waals surface area contributed by atoms with E-state index in [9.17, 15) is 17.6 Å². The number of carbonyl (C=O) groups is 1. The van der Waals surface area contributed by atoms with Crippen LogP contribution in [0.3, 0.4) is 0 Å². The van der Waals surface area contributed by atoms with Gasteiger partial charge in [0.15, 0.2) is 0 Å². The van der Waals surface area contributed by atoms with Crippen LogP contribution in [0.5, 0.6) is 5.75 Å². The predicted molar refractivity (Wildman–Crippen MR) is 134 cm³/mol. The Kier molecular flexibility index (Phi) is 7.40. The minimum atomic E-state index is -4.13. The maximum Gasteiger partial charge on any atom is 0.264 e. The molecule has 0 aromatic heterocycles. The highest BCUT2D eigenvalue weighted by molar-refractivity contribution is 7.92. The topological polar surface area (TPSA) is 75.7 Å². The van der Waals surface area contributed by atoms with Gasteiger partial charge < -0.3 is 10.1 Å². The van der Waals surface area contributed by atoms with Gasteiger partial charge in [0.25, 0.3) is 10.0 Å². The standard InChI is InChI=1S/C27H29FN2O4S/c1-3-34-25-13-11-24(12-14-25)30(35(32,33)26-15-9-23(28)10-16-26)18-27(31)29-19(2)21-8-7-20-5-4-6-22(20)17-21/h7-17,19H,3-6,18H2,1-2H3,(H,29,31)/t19-/m0/s1. The number of halogens is 1. The van der Waals surface area contributed by atoms with E-state index in [4.69, 9.17) is 4.74 Å². The first kappa shape index (κ1) is 24.7. The average molecular weight is 497 g/mol. The Labute approximate surface area is 205 Å². The Balaban J connectivity index is 1.58. The van der Waals surface area contributed by atoms with Crippen LogP contribution in [0.25, 0.3) is 0 Å². The Bertz CT molecular complexity index is 1290. The first-order valence-electron chi connectivity index (χ1n) is 11.7. The molecule has 0 bridgehead atoms. The van der Waals surface area contributed by atoms with Crippen molar-refractivity contribution >= 4 is 21.6 Å². The van der Waals surface area contributed by atoms with Crippen molar-refractivity contribution in [1.82, 2.24) is 5.32 Å². The molecule has 3 aromatic carbocycles. The Morgan fingerprint density at radius 3 is 2.40 bits per heavy atom.